The van der Waals surface area contributed by atoms with Crippen molar-refractivity contribution < 1.29 is 0 Å². The van der Waals surface area contributed by atoms with Crippen molar-refractivity contribution in [2.45, 2.75) is 45.2 Å². The van der Waals surface area contributed by atoms with Gasteiger partial charge in [-0.3, -0.25) is 0 Å². The number of nitrogens with one attached hydrogen (secondary N) is 1. The lowest BCUT2D eigenvalue weighted by atomic mass is 10.1. The first-order valence-corrected chi connectivity index (χ1v) is 5.17. The Hall–Kier alpha value is -0.0800. The molecule has 1 aliphatic rings. The monoisotopic (exact) mass is 170 g/mol. The molecule has 0 bridgehead atoms. The second kappa shape index (κ2) is 4.83. The fourth-order valence-electron chi connectivity index (χ4n) is 1.99. The topological polar surface area (TPSA) is 15.3 Å². The van der Waals surface area contributed by atoms with Gasteiger partial charge in [0.2, 0.25) is 0 Å². The van der Waals surface area contributed by atoms with Crippen LogP contribution in [0.3, 0.4) is 0 Å². The maximum atomic E-state index is 3.67. The van der Waals surface area contributed by atoms with Gasteiger partial charge < -0.3 is 10.2 Å². The average Bonchev–Trinajstić information content (AvgIpc) is 2.36. The van der Waals surface area contributed by atoms with Crippen LogP contribution in [0.5, 0.6) is 0 Å². The number of rotatable bonds is 4. The van der Waals surface area contributed by atoms with Crippen molar-refractivity contribution in [1.82, 2.24) is 10.2 Å². The minimum atomic E-state index is 0.700. The van der Waals surface area contributed by atoms with Crippen LogP contribution in [0.1, 0.15) is 33.1 Å². The van der Waals surface area contributed by atoms with Crippen LogP contribution in [0.25, 0.3) is 0 Å². The quantitative estimate of drug-likeness (QED) is 0.687. The van der Waals surface area contributed by atoms with Gasteiger partial charge in [-0.1, -0.05) is 13.3 Å². The summed E-state index contributed by atoms with van der Waals surface area (Å²) in [5, 5.41) is 3.67. The molecule has 2 nitrogen and oxygen atoms in total. The van der Waals surface area contributed by atoms with E-state index in [1.54, 1.807) is 0 Å². The Balaban J connectivity index is 2.14. The molecule has 2 atom stereocenters. The van der Waals surface area contributed by atoms with Crippen LogP contribution < -0.4 is 5.32 Å². The van der Waals surface area contributed by atoms with Crippen LogP contribution in [0.4, 0.5) is 0 Å². The van der Waals surface area contributed by atoms with Crippen molar-refractivity contribution >= 4 is 0 Å². The summed E-state index contributed by atoms with van der Waals surface area (Å²) in [7, 11) is 2.20. The Morgan fingerprint density at radius 2 is 2.33 bits per heavy atom. The highest BCUT2D eigenvalue weighted by atomic mass is 15.2. The van der Waals surface area contributed by atoms with Gasteiger partial charge in [0.05, 0.1) is 0 Å². The van der Waals surface area contributed by atoms with E-state index >= 15 is 0 Å². The molecule has 2 unspecified atom stereocenters. The first kappa shape index (κ1) is 10.0. The third-order valence-electron chi connectivity index (χ3n) is 2.63. The van der Waals surface area contributed by atoms with E-state index in [0.717, 1.165) is 6.04 Å². The van der Waals surface area contributed by atoms with Gasteiger partial charge in [-0.05, 0) is 33.4 Å². The molecule has 0 aromatic heterocycles. The second-order valence-electron chi connectivity index (χ2n) is 4.10. The molecule has 72 valence electrons. The molecule has 0 aliphatic carbocycles. The summed E-state index contributed by atoms with van der Waals surface area (Å²) in [5.74, 6) is 0. The fourth-order valence-corrected chi connectivity index (χ4v) is 1.99. The predicted octanol–water partition coefficient (Wildman–Crippen LogP) is 1.47. The normalized spacial score (nSPS) is 27.8. The van der Waals surface area contributed by atoms with Crippen LogP contribution in [0.2, 0.25) is 0 Å². The number of likely N-dealkylation sites (tertiary alicyclic amines) is 1. The van der Waals surface area contributed by atoms with Crippen LogP contribution >= 0.6 is 0 Å². The van der Waals surface area contributed by atoms with Gasteiger partial charge in [-0.2, -0.15) is 0 Å². The molecule has 0 amide bonds. The van der Waals surface area contributed by atoms with E-state index < -0.39 is 0 Å². The first-order chi connectivity index (χ1) is 5.72. The Bertz CT molecular complexity index is 125. The van der Waals surface area contributed by atoms with E-state index in [4.69, 9.17) is 0 Å². The third-order valence-corrected chi connectivity index (χ3v) is 2.63. The van der Waals surface area contributed by atoms with Crippen molar-refractivity contribution in [1.29, 1.82) is 0 Å². The lowest BCUT2D eigenvalue weighted by molar-refractivity contribution is 0.379. The van der Waals surface area contributed by atoms with Crippen LogP contribution in [-0.2, 0) is 0 Å². The summed E-state index contributed by atoms with van der Waals surface area (Å²) in [5.41, 5.74) is 0. The van der Waals surface area contributed by atoms with E-state index in [1.165, 1.54) is 32.4 Å². The predicted molar refractivity (Wildman–Crippen MR) is 53.4 cm³/mol. The minimum absolute atomic E-state index is 0.700. The van der Waals surface area contributed by atoms with Crippen LogP contribution in [0, 0.1) is 0 Å². The molecule has 1 rings (SSSR count). The molecule has 0 spiro atoms. The molecule has 1 aliphatic heterocycles. The lowest BCUT2D eigenvalue weighted by Crippen LogP contribution is -2.37. The van der Waals surface area contributed by atoms with E-state index in [1.807, 2.05) is 0 Å². The van der Waals surface area contributed by atoms with Gasteiger partial charge in [-0.15, -0.1) is 0 Å². The van der Waals surface area contributed by atoms with Gasteiger partial charge in [0.15, 0.2) is 0 Å². The number of hydrogen-bond acceptors (Lipinski definition) is 2. The molecular formula is C10H22N2. The van der Waals surface area contributed by atoms with Crippen molar-refractivity contribution in [2.75, 3.05) is 20.1 Å². The van der Waals surface area contributed by atoms with E-state index in [0.29, 0.717) is 6.04 Å². The summed E-state index contributed by atoms with van der Waals surface area (Å²) < 4.78 is 0. The third kappa shape index (κ3) is 3.11. The molecule has 1 fully saturated rings. The van der Waals surface area contributed by atoms with Gasteiger partial charge in [0.1, 0.15) is 0 Å². The smallest absolute Gasteiger partial charge is 0.0209 e. The summed E-state index contributed by atoms with van der Waals surface area (Å²) >= 11 is 0. The molecule has 1 heterocycles. The highest BCUT2D eigenvalue weighted by molar-refractivity contribution is 4.80. The Labute approximate surface area is 76.3 Å². The standard InChI is InChI=1S/C10H22N2/c1-4-5-9(2)11-10-6-7-12(3)8-10/h9-11H,4-8H2,1-3H3. The van der Waals surface area contributed by atoms with Crippen molar-refractivity contribution in [3.05, 3.63) is 0 Å². The van der Waals surface area contributed by atoms with Crippen molar-refractivity contribution in [2.24, 2.45) is 0 Å². The zero-order valence-electron chi connectivity index (χ0n) is 8.64. The lowest BCUT2D eigenvalue weighted by Gasteiger charge is -2.18. The zero-order chi connectivity index (χ0) is 8.97. The zero-order valence-corrected chi connectivity index (χ0v) is 8.64. The number of hydrogen-bond donors (Lipinski definition) is 1. The fraction of sp³-hybridized carbons (Fsp3) is 1.00. The molecule has 2 heteroatoms. The van der Waals surface area contributed by atoms with Gasteiger partial charge in [-0.25, -0.2) is 0 Å². The van der Waals surface area contributed by atoms with Crippen molar-refractivity contribution in [3.63, 3.8) is 0 Å². The average molecular weight is 170 g/mol. The molecule has 1 saturated heterocycles. The van der Waals surface area contributed by atoms with Gasteiger partial charge in [0.25, 0.3) is 0 Å². The first-order valence-electron chi connectivity index (χ1n) is 5.17. The number of likely N-dealkylation sites (N-methyl/N-ethyl adjacent to an activating group) is 1. The largest absolute Gasteiger partial charge is 0.310 e. The summed E-state index contributed by atoms with van der Waals surface area (Å²) in [4.78, 5) is 2.40. The molecule has 0 radical (unpaired) electrons. The minimum Gasteiger partial charge on any atom is -0.310 e. The number of nitrogens with zero attached hydrogens (tertiary/aromatic N) is 1. The maximum absolute atomic E-state index is 3.67. The Kier molecular flexibility index (Phi) is 4.02. The molecule has 1 N–H and O–H groups in total. The van der Waals surface area contributed by atoms with Gasteiger partial charge in [0, 0.05) is 18.6 Å². The van der Waals surface area contributed by atoms with Crippen molar-refractivity contribution in [3.8, 4) is 0 Å². The summed E-state index contributed by atoms with van der Waals surface area (Å²) in [6, 6.07) is 1.45. The Morgan fingerprint density at radius 1 is 1.58 bits per heavy atom. The molecular weight excluding hydrogens is 148 g/mol. The molecule has 0 aromatic carbocycles. The highest BCUT2D eigenvalue weighted by Crippen LogP contribution is 2.08. The maximum Gasteiger partial charge on any atom is 0.0209 e. The van der Waals surface area contributed by atoms with Crippen LogP contribution in [0.15, 0.2) is 0 Å². The summed E-state index contributed by atoms with van der Waals surface area (Å²) in [6.45, 7) is 7.03. The summed E-state index contributed by atoms with van der Waals surface area (Å²) in [6.07, 6.45) is 3.92. The highest BCUT2D eigenvalue weighted by Gasteiger charge is 2.19. The second-order valence-corrected chi connectivity index (χ2v) is 4.10. The van der Waals surface area contributed by atoms with E-state index in [-0.39, 0.29) is 0 Å². The van der Waals surface area contributed by atoms with E-state index in [2.05, 4.69) is 31.1 Å². The molecule has 0 saturated carbocycles. The SMILES string of the molecule is CCCC(C)NC1CCN(C)C1. The van der Waals surface area contributed by atoms with E-state index in [9.17, 15) is 0 Å². The van der Waals surface area contributed by atoms with Crippen LogP contribution in [-0.4, -0.2) is 37.1 Å². The Morgan fingerprint density at radius 3 is 2.83 bits per heavy atom. The molecule has 12 heavy (non-hydrogen) atoms. The molecule has 0 aromatic rings. The van der Waals surface area contributed by atoms with Gasteiger partial charge >= 0.3 is 0 Å².